The fourth-order valence-corrected chi connectivity index (χ4v) is 3.21. The summed E-state index contributed by atoms with van der Waals surface area (Å²) in [5, 5.41) is 16.3. The third kappa shape index (κ3) is 4.15. The molecule has 0 spiro atoms. The number of nitrogens with one attached hydrogen (secondary N) is 1. The molecule has 4 rings (SSSR count). The van der Waals surface area contributed by atoms with E-state index in [0.29, 0.717) is 23.0 Å². The second-order valence-corrected chi connectivity index (χ2v) is 6.89. The van der Waals surface area contributed by atoms with Crippen LogP contribution in [0.1, 0.15) is 5.56 Å². The second-order valence-electron chi connectivity index (χ2n) is 5.89. The van der Waals surface area contributed by atoms with Gasteiger partial charge >= 0.3 is 0 Å². The van der Waals surface area contributed by atoms with Gasteiger partial charge in [-0.05, 0) is 42.0 Å². The van der Waals surface area contributed by atoms with E-state index >= 15 is 0 Å². The molecule has 1 aromatic carbocycles. The van der Waals surface area contributed by atoms with Crippen LogP contribution >= 0.6 is 11.8 Å². The van der Waals surface area contributed by atoms with Crippen molar-refractivity contribution in [2.24, 2.45) is 0 Å². The van der Waals surface area contributed by atoms with E-state index in [2.05, 4.69) is 25.6 Å². The van der Waals surface area contributed by atoms with Crippen LogP contribution in [0.4, 0.5) is 4.39 Å². The zero-order valence-electron chi connectivity index (χ0n) is 14.6. The first-order valence-corrected chi connectivity index (χ1v) is 9.44. The highest BCUT2D eigenvalue weighted by molar-refractivity contribution is 7.99. The van der Waals surface area contributed by atoms with Crippen molar-refractivity contribution in [2.45, 2.75) is 11.6 Å². The van der Waals surface area contributed by atoms with E-state index in [0.717, 1.165) is 11.1 Å². The average Bonchev–Trinajstić information content (AvgIpc) is 3.16. The first-order valence-electron chi connectivity index (χ1n) is 8.46. The summed E-state index contributed by atoms with van der Waals surface area (Å²) in [6, 6.07) is 13.3. The lowest BCUT2D eigenvalue weighted by Crippen LogP contribution is -2.24. The normalized spacial score (nSPS) is 10.9. The molecule has 0 aliphatic heterocycles. The highest BCUT2D eigenvalue weighted by Crippen LogP contribution is 2.20. The molecule has 0 radical (unpaired) electrons. The van der Waals surface area contributed by atoms with Gasteiger partial charge in [0.25, 0.3) is 0 Å². The van der Waals surface area contributed by atoms with Gasteiger partial charge in [0.1, 0.15) is 10.8 Å². The number of hydrogen-bond acceptors (Lipinski definition) is 6. The maximum Gasteiger partial charge on any atom is 0.230 e. The summed E-state index contributed by atoms with van der Waals surface area (Å²) in [4.78, 5) is 16.1. The highest BCUT2D eigenvalue weighted by Gasteiger charge is 2.11. The summed E-state index contributed by atoms with van der Waals surface area (Å²) in [6.45, 7) is 0.351. The number of thioether (sulfide) groups is 1. The summed E-state index contributed by atoms with van der Waals surface area (Å²) in [6.07, 6.45) is 3.36. The average molecular weight is 394 g/mol. The lowest BCUT2D eigenvalue weighted by molar-refractivity contribution is -0.118. The molecule has 0 atom stereocenters. The number of hydrogen-bond donors (Lipinski definition) is 1. The van der Waals surface area contributed by atoms with Crippen LogP contribution in [0.2, 0.25) is 0 Å². The molecule has 0 fully saturated rings. The number of fused-ring (bicyclic) bond motifs is 1. The van der Waals surface area contributed by atoms with Crippen molar-refractivity contribution < 1.29 is 9.18 Å². The Morgan fingerprint density at radius 3 is 2.61 bits per heavy atom. The van der Waals surface area contributed by atoms with Crippen LogP contribution in [0, 0.1) is 5.82 Å². The number of rotatable bonds is 6. The molecule has 0 bridgehead atoms. The minimum Gasteiger partial charge on any atom is -0.351 e. The van der Waals surface area contributed by atoms with Gasteiger partial charge in [-0.15, -0.1) is 10.2 Å². The first kappa shape index (κ1) is 18.1. The van der Waals surface area contributed by atoms with Crippen LogP contribution in [0.3, 0.4) is 0 Å². The lowest BCUT2D eigenvalue weighted by Gasteiger charge is -2.06. The second kappa shape index (κ2) is 8.13. The SMILES string of the molecule is O=C(CSc1ccc2nnc(-c3ccncc3)n2n1)NCc1ccc(F)cc1. The van der Waals surface area contributed by atoms with Gasteiger partial charge < -0.3 is 5.32 Å². The summed E-state index contributed by atoms with van der Waals surface area (Å²) in [5.41, 5.74) is 2.32. The van der Waals surface area contributed by atoms with Crippen molar-refractivity contribution in [2.75, 3.05) is 5.75 Å². The fourth-order valence-electron chi connectivity index (χ4n) is 2.52. The van der Waals surface area contributed by atoms with Crippen LogP contribution in [0.15, 0.2) is 66.0 Å². The third-order valence-electron chi connectivity index (χ3n) is 3.93. The molecule has 0 saturated carbocycles. The van der Waals surface area contributed by atoms with Gasteiger partial charge in [0, 0.05) is 24.5 Å². The van der Waals surface area contributed by atoms with Crippen LogP contribution in [-0.2, 0) is 11.3 Å². The number of carbonyl (C=O) groups excluding carboxylic acids is 1. The Morgan fingerprint density at radius 1 is 1.04 bits per heavy atom. The van der Waals surface area contributed by atoms with Crippen LogP contribution in [0.25, 0.3) is 17.0 Å². The highest BCUT2D eigenvalue weighted by atomic mass is 32.2. The number of nitrogens with zero attached hydrogens (tertiary/aromatic N) is 5. The van der Waals surface area contributed by atoms with Crippen molar-refractivity contribution in [3.63, 3.8) is 0 Å². The van der Waals surface area contributed by atoms with Crippen molar-refractivity contribution in [1.29, 1.82) is 0 Å². The molecule has 0 saturated heterocycles. The largest absolute Gasteiger partial charge is 0.351 e. The number of carbonyl (C=O) groups is 1. The standard InChI is InChI=1S/C19H15FN6OS/c20-15-3-1-13(2-4-15)11-22-17(27)12-28-18-6-5-16-23-24-19(26(16)25-18)14-7-9-21-10-8-14/h1-10H,11-12H2,(H,22,27). The number of benzene rings is 1. The van der Waals surface area contributed by atoms with E-state index < -0.39 is 0 Å². The number of amides is 1. The zero-order chi connectivity index (χ0) is 19.3. The van der Waals surface area contributed by atoms with E-state index in [1.165, 1.54) is 23.9 Å². The van der Waals surface area contributed by atoms with E-state index in [4.69, 9.17) is 0 Å². The van der Waals surface area contributed by atoms with Crippen LogP contribution in [-0.4, -0.2) is 36.5 Å². The molecule has 0 aliphatic rings. The van der Waals surface area contributed by atoms with Crippen LogP contribution < -0.4 is 5.32 Å². The molecule has 7 nitrogen and oxygen atoms in total. The molecule has 28 heavy (non-hydrogen) atoms. The summed E-state index contributed by atoms with van der Waals surface area (Å²) >= 11 is 1.32. The molecule has 0 unspecified atom stereocenters. The monoisotopic (exact) mass is 394 g/mol. The van der Waals surface area contributed by atoms with E-state index in [-0.39, 0.29) is 17.5 Å². The first-order chi connectivity index (χ1) is 13.7. The minimum absolute atomic E-state index is 0.130. The van der Waals surface area contributed by atoms with E-state index in [1.54, 1.807) is 35.1 Å². The smallest absolute Gasteiger partial charge is 0.230 e. The zero-order valence-corrected chi connectivity index (χ0v) is 15.4. The van der Waals surface area contributed by atoms with Gasteiger partial charge in [-0.1, -0.05) is 23.9 Å². The van der Waals surface area contributed by atoms with Gasteiger partial charge in [0.2, 0.25) is 5.91 Å². The van der Waals surface area contributed by atoms with Crippen molar-refractivity contribution in [3.8, 4) is 11.4 Å². The molecule has 3 heterocycles. The Balaban J connectivity index is 1.40. The number of pyridine rings is 1. The van der Waals surface area contributed by atoms with Gasteiger partial charge in [-0.25, -0.2) is 4.39 Å². The number of aromatic nitrogens is 5. The lowest BCUT2D eigenvalue weighted by atomic mass is 10.2. The van der Waals surface area contributed by atoms with Gasteiger partial charge in [0.05, 0.1) is 5.75 Å². The summed E-state index contributed by atoms with van der Waals surface area (Å²) in [7, 11) is 0. The Morgan fingerprint density at radius 2 is 1.82 bits per heavy atom. The van der Waals surface area contributed by atoms with E-state index in [9.17, 15) is 9.18 Å². The topological polar surface area (TPSA) is 85.1 Å². The molecule has 1 N–H and O–H groups in total. The predicted molar refractivity (Wildman–Crippen MR) is 103 cm³/mol. The van der Waals surface area contributed by atoms with Gasteiger partial charge in [0.15, 0.2) is 11.5 Å². The molecule has 0 aliphatic carbocycles. The Hall–Kier alpha value is -3.33. The number of halogens is 1. The van der Waals surface area contributed by atoms with Crippen molar-refractivity contribution >= 4 is 23.3 Å². The minimum atomic E-state index is -0.299. The molecule has 1 amide bonds. The molecule has 3 aromatic heterocycles. The fraction of sp³-hybridized carbons (Fsp3) is 0.105. The Kier molecular flexibility index (Phi) is 5.24. The van der Waals surface area contributed by atoms with E-state index in [1.807, 2.05) is 18.2 Å². The maximum absolute atomic E-state index is 12.9. The summed E-state index contributed by atoms with van der Waals surface area (Å²) in [5.74, 6) is 0.397. The quantitative estimate of drug-likeness (QED) is 0.506. The molecule has 140 valence electrons. The molecular weight excluding hydrogens is 379 g/mol. The molecule has 9 heteroatoms. The van der Waals surface area contributed by atoms with Gasteiger partial charge in [-0.2, -0.15) is 9.61 Å². The Bertz CT molecular complexity index is 1100. The van der Waals surface area contributed by atoms with Gasteiger partial charge in [-0.3, -0.25) is 9.78 Å². The van der Waals surface area contributed by atoms with Crippen LogP contribution in [0.5, 0.6) is 0 Å². The Labute approximate surface area is 164 Å². The molecular formula is C19H15FN6OS. The van der Waals surface area contributed by atoms with Crippen molar-refractivity contribution in [3.05, 3.63) is 72.3 Å². The third-order valence-corrected chi connectivity index (χ3v) is 4.85. The van der Waals surface area contributed by atoms with Crippen molar-refractivity contribution in [1.82, 2.24) is 30.1 Å². The summed E-state index contributed by atoms with van der Waals surface area (Å²) < 4.78 is 14.6. The predicted octanol–water partition coefficient (Wildman–Crippen LogP) is 2.73. The molecule has 4 aromatic rings. The maximum atomic E-state index is 12.9.